The topological polar surface area (TPSA) is 63.5 Å². The van der Waals surface area contributed by atoms with E-state index < -0.39 is 6.10 Å². The Balaban J connectivity index is 1.66. The van der Waals surface area contributed by atoms with E-state index in [1.807, 2.05) is 19.1 Å². The van der Waals surface area contributed by atoms with Gasteiger partial charge in [-0.2, -0.15) is 0 Å². The van der Waals surface area contributed by atoms with Crippen LogP contribution in [0.2, 0.25) is 0 Å². The Morgan fingerprint density at radius 3 is 2.81 bits per heavy atom. The molecule has 0 spiro atoms. The summed E-state index contributed by atoms with van der Waals surface area (Å²) in [5.74, 6) is 0.668. The van der Waals surface area contributed by atoms with E-state index in [2.05, 4.69) is 17.6 Å². The van der Waals surface area contributed by atoms with Gasteiger partial charge in [0.1, 0.15) is 11.9 Å². The summed E-state index contributed by atoms with van der Waals surface area (Å²) in [7, 11) is 0. The summed E-state index contributed by atoms with van der Waals surface area (Å²) in [5, 5.41) is 6.31. The normalized spacial score (nSPS) is 23.7. The first-order chi connectivity index (χ1) is 10.2. The lowest BCUT2D eigenvalue weighted by Crippen LogP contribution is -2.40. The molecule has 1 unspecified atom stereocenters. The molecule has 5 nitrogen and oxygen atoms in total. The average molecular weight is 294 g/mol. The van der Waals surface area contributed by atoms with E-state index in [4.69, 9.17) is 9.15 Å². The van der Waals surface area contributed by atoms with E-state index in [0.29, 0.717) is 12.6 Å². The van der Waals surface area contributed by atoms with Crippen LogP contribution in [0, 0.1) is 0 Å². The highest BCUT2D eigenvalue weighted by Gasteiger charge is 2.24. The number of ether oxygens (including phenoxy) is 1. The Hall–Kier alpha value is -1.33. The van der Waals surface area contributed by atoms with Crippen LogP contribution in [0.25, 0.3) is 0 Å². The van der Waals surface area contributed by atoms with E-state index in [0.717, 1.165) is 38.0 Å². The third-order valence-electron chi connectivity index (χ3n) is 3.95. The molecular formula is C16H26N2O3. The molecule has 0 aromatic carbocycles. The van der Waals surface area contributed by atoms with E-state index in [9.17, 15) is 4.79 Å². The van der Waals surface area contributed by atoms with Crippen LogP contribution >= 0.6 is 0 Å². The second-order valence-corrected chi connectivity index (χ2v) is 5.61. The second-order valence-electron chi connectivity index (χ2n) is 5.61. The molecular weight excluding hydrogens is 268 g/mol. The zero-order valence-electron chi connectivity index (χ0n) is 12.9. The fraction of sp³-hybridized carbons (Fsp3) is 0.688. The molecule has 0 saturated heterocycles. The molecule has 0 bridgehead atoms. The molecule has 118 valence electrons. The lowest BCUT2D eigenvalue weighted by atomic mass is 9.93. The maximum Gasteiger partial charge on any atom is 0.249 e. The predicted octanol–water partition coefficient (Wildman–Crippen LogP) is 2.22. The maximum absolute atomic E-state index is 12.0. The van der Waals surface area contributed by atoms with Crippen LogP contribution in [-0.2, 0) is 16.1 Å². The van der Waals surface area contributed by atoms with Gasteiger partial charge >= 0.3 is 0 Å². The molecule has 1 fully saturated rings. The molecule has 1 amide bonds. The van der Waals surface area contributed by atoms with Crippen LogP contribution in [0.3, 0.4) is 0 Å². The maximum atomic E-state index is 12.0. The highest BCUT2D eigenvalue weighted by atomic mass is 16.5. The standard InChI is InChI=1S/C16H26N2O3/c1-3-17-13-6-8-14(9-7-13)21-12(2)16(19)18-11-15-5-4-10-20-15/h4-5,10,12-14,17H,3,6-9,11H2,1-2H3,(H,18,19). The third-order valence-corrected chi connectivity index (χ3v) is 3.95. The van der Waals surface area contributed by atoms with Gasteiger partial charge in [0.05, 0.1) is 18.9 Å². The van der Waals surface area contributed by atoms with Gasteiger partial charge in [0.25, 0.3) is 0 Å². The van der Waals surface area contributed by atoms with Crippen molar-refractivity contribution in [3.8, 4) is 0 Å². The lowest BCUT2D eigenvalue weighted by molar-refractivity contribution is -0.136. The quantitative estimate of drug-likeness (QED) is 0.809. The van der Waals surface area contributed by atoms with Crippen molar-refractivity contribution in [3.05, 3.63) is 24.2 Å². The van der Waals surface area contributed by atoms with Crippen molar-refractivity contribution >= 4 is 5.91 Å². The van der Waals surface area contributed by atoms with Gasteiger partial charge in [-0.15, -0.1) is 0 Å². The summed E-state index contributed by atoms with van der Waals surface area (Å²) in [6.45, 7) is 5.37. The molecule has 21 heavy (non-hydrogen) atoms. The first-order valence-corrected chi connectivity index (χ1v) is 7.88. The smallest absolute Gasteiger partial charge is 0.249 e. The summed E-state index contributed by atoms with van der Waals surface area (Å²) in [6, 6.07) is 4.26. The van der Waals surface area contributed by atoms with Gasteiger partial charge in [0.2, 0.25) is 5.91 Å². The number of amides is 1. The highest BCUT2D eigenvalue weighted by molar-refractivity contribution is 5.80. The largest absolute Gasteiger partial charge is 0.467 e. The Labute approximate surface area is 126 Å². The fourth-order valence-corrected chi connectivity index (χ4v) is 2.77. The molecule has 2 rings (SSSR count). The summed E-state index contributed by atoms with van der Waals surface area (Å²) in [4.78, 5) is 12.0. The van der Waals surface area contributed by atoms with E-state index in [1.54, 1.807) is 6.26 Å². The van der Waals surface area contributed by atoms with Crippen molar-refractivity contribution < 1.29 is 13.9 Å². The first kappa shape index (κ1) is 16.0. The molecule has 0 aliphatic heterocycles. The second kappa shape index (κ2) is 8.20. The minimum absolute atomic E-state index is 0.0831. The first-order valence-electron chi connectivity index (χ1n) is 7.88. The van der Waals surface area contributed by atoms with Gasteiger partial charge in [0.15, 0.2) is 0 Å². The Morgan fingerprint density at radius 2 is 2.19 bits per heavy atom. The number of carbonyl (C=O) groups excluding carboxylic acids is 1. The number of nitrogens with one attached hydrogen (secondary N) is 2. The summed E-state index contributed by atoms with van der Waals surface area (Å²) >= 11 is 0. The molecule has 1 aromatic heterocycles. The number of hydrogen-bond acceptors (Lipinski definition) is 4. The third kappa shape index (κ3) is 5.17. The van der Waals surface area contributed by atoms with Gasteiger partial charge in [-0.05, 0) is 51.3 Å². The van der Waals surface area contributed by atoms with Gasteiger partial charge in [-0.3, -0.25) is 4.79 Å². The molecule has 1 aromatic rings. The highest BCUT2D eigenvalue weighted by Crippen LogP contribution is 2.22. The van der Waals surface area contributed by atoms with Crippen LogP contribution in [0.15, 0.2) is 22.8 Å². The zero-order valence-corrected chi connectivity index (χ0v) is 12.9. The summed E-state index contributed by atoms with van der Waals surface area (Å²) < 4.78 is 11.1. The van der Waals surface area contributed by atoms with Crippen molar-refractivity contribution in [1.82, 2.24) is 10.6 Å². The van der Waals surface area contributed by atoms with Crippen LogP contribution in [0.5, 0.6) is 0 Å². The zero-order chi connectivity index (χ0) is 15.1. The van der Waals surface area contributed by atoms with Crippen molar-refractivity contribution in [1.29, 1.82) is 0 Å². The molecule has 1 atom stereocenters. The number of carbonyl (C=O) groups is 1. The monoisotopic (exact) mass is 294 g/mol. The van der Waals surface area contributed by atoms with Crippen LogP contribution < -0.4 is 10.6 Å². The van der Waals surface area contributed by atoms with Gasteiger partial charge in [-0.1, -0.05) is 6.92 Å². The lowest BCUT2D eigenvalue weighted by Gasteiger charge is -2.30. The Bertz CT molecular complexity index is 411. The molecule has 1 saturated carbocycles. The van der Waals surface area contributed by atoms with E-state index >= 15 is 0 Å². The SMILES string of the molecule is CCNC1CCC(OC(C)C(=O)NCc2ccco2)CC1. The number of hydrogen-bond donors (Lipinski definition) is 2. The molecule has 0 radical (unpaired) electrons. The summed E-state index contributed by atoms with van der Waals surface area (Å²) in [6.07, 6.45) is 5.67. The van der Waals surface area contributed by atoms with Crippen LogP contribution in [0.4, 0.5) is 0 Å². The van der Waals surface area contributed by atoms with Crippen molar-refractivity contribution in [2.45, 2.75) is 64.3 Å². The Kier molecular flexibility index (Phi) is 6.26. The van der Waals surface area contributed by atoms with Crippen LogP contribution in [0.1, 0.15) is 45.3 Å². The van der Waals surface area contributed by atoms with Gasteiger partial charge in [-0.25, -0.2) is 0 Å². The summed E-state index contributed by atoms with van der Waals surface area (Å²) in [5.41, 5.74) is 0. The predicted molar refractivity (Wildman–Crippen MR) is 80.8 cm³/mol. The van der Waals surface area contributed by atoms with Crippen molar-refractivity contribution in [2.75, 3.05) is 6.54 Å². The molecule has 1 heterocycles. The van der Waals surface area contributed by atoms with Crippen molar-refractivity contribution in [3.63, 3.8) is 0 Å². The molecule has 1 aliphatic rings. The molecule has 1 aliphatic carbocycles. The van der Waals surface area contributed by atoms with Gasteiger partial charge in [0, 0.05) is 6.04 Å². The van der Waals surface area contributed by atoms with Crippen LogP contribution in [-0.4, -0.2) is 30.7 Å². The van der Waals surface area contributed by atoms with Gasteiger partial charge < -0.3 is 19.8 Å². The van der Waals surface area contributed by atoms with E-state index in [1.165, 1.54) is 0 Å². The molecule has 2 N–H and O–H groups in total. The number of furan rings is 1. The van der Waals surface area contributed by atoms with E-state index in [-0.39, 0.29) is 12.0 Å². The van der Waals surface area contributed by atoms with Crippen molar-refractivity contribution in [2.24, 2.45) is 0 Å². The Morgan fingerprint density at radius 1 is 1.43 bits per heavy atom. The average Bonchev–Trinajstić information content (AvgIpc) is 3.00. The minimum atomic E-state index is -0.416. The number of rotatable bonds is 7. The molecule has 5 heteroatoms. The fourth-order valence-electron chi connectivity index (χ4n) is 2.77. The minimum Gasteiger partial charge on any atom is -0.467 e.